The van der Waals surface area contributed by atoms with Crippen LogP contribution >= 0.6 is 0 Å². The molecule has 6 nitrogen and oxygen atoms in total. The summed E-state index contributed by atoms with van der Waals surface area (Å²) >= 11 is 0. The van der Waals surface area contributed by atoms with Crippen LogP contribution in [0.4, 0.5) is 10.2 Å². The van der Waals surface area contributed by atoms with E-state index in [9.17, 15) is 12.8 Å². The molecule has 0 atom stereocenters. The predicted octanol–water partition coefficient (Wildman–Crippen LogP) is 3.74. The molecule has 2 aromatic rings. The van der Waals surface area contributed by atoms with Gasteiger partial charge in [0.25, 0.3) is 0 Å². The Morgan fingerprint density at radius 3 is 2.32 bits per heavy atom. The topological polar surface area (TPSA) is 56.8 Å². The first-order chi connectivity index (χ1) is 14.7. The zero-order valence-corrected chi connectivity index (χ0v) is 19.6. The molecule has 2 heterocycles. The van der Waals surface area contributed by atoms with Crippen molar-refractivity contribution in [3.05, 3.63) is 54.0 Å². The van der Waals surface area contributed by atoms with Crippen molar-refractivity contribution >= 4 is 15.8 Å². The van der Waals surface area contributed by atoms with Crippen molar-refractivity contribution in [2.45, 2.75) is 57.6 Å². The number of sulfonamides is 1. The van der Waals surface area contributed by atoms with Crippen LogP contribution in [-0.2, 0) is 16.6 Å². The smallest absolute Gasteiger partial charge is 0.245 e. The van der Waals surface area contributed by atoms with Crippen LogP contribution in [-0.4, -0.2) is 60.9 Å². The number of pyridine rings is 1. The zero-order chi connectivity index (χ0) is 22.6. The Morgan fingerprint density at radius 1 is 1.00 bits per heavy atom. The maximum absolute atomic E-state index is 14.0. The lowest BCUT2D eigenvalue weighted by Gasteiger charge is -2.29. The van der Waals surface area contributed by atoms with Crippen molar-refractivity contribution in [2.24, 2.45) is 0 Å². The summed E-state index contributed by atoms with van der Waals surface area (Å²) in [5, 5.41) is 0. The van der Waals surface area contributed by atoms with Crippen LogP contribution in [0.25, 0.3) is 0 Å². The summed E-state index contributed by atoms with van der Waals surface area (Å²) in [6.45, 7) is 11.4. The van der Waals surface area contributed by atoms with Gasteiger partial charge in [-0.3, -0.25) is 4.90 Å². The first-order valence-corrected chi connectivity index (χ1v) is 12.3. The molecule has 1 aliphatic heterocycles. The van der Waals surface area contributed by atoms with E-state index in [1.165, 1.54) is 16.6 Å². The van der Waals surface area contributed by atoms with Gasteiger partial charge in [0.1, 0.15) is 16.5 Å². The molecule has 0 N–H and O–H groups in total. The minimum atomic E-state index is -3.59. The van der Waals surface area contributed by atoms with E-state index in [4.69, 9.17) is 0 Å². The van der Waals surface area contributed by atoms with E-state index in [1.807, 2.05) is 39.8 Å². The lowest BCUT2D eigenvalue weighted by molar-refractivity contribution is 0.281. The van der Waals surface area contributed by atoms with Gasteiger partial charge in [-0.2, -0.15) is 4.31 Å². The summed E-state index contributed by atoms with van der Waals surface area (Å²) in [4.78, 5) is 9.11. The minimum Gasteiger partial charge on any atom is -0.355 e. The third-order valence-corrected chi connectivity index (χ3v) is 7.81. The Hall–Kier alpha value is -2.03. The summed E-state index contributed by atoms with van der Waals surface area (Å²) in [6, 6.07) is 10.1. The zero-order valence-electron chi connectivity index (χ0n) is 18.8. The number of hydrogen-bond acceptors (Lipinski definition) is 5. The summed E-state index contributed by atoms with van der Waals surface area (Å²) < 4.78 is 41.6. The highest BCUT2D eigenvalue weighted by molar-refractivity contribution is 7.89. The molecule has 0 radical (unpaired) electrons. The second kappa shape index (κ2) is 10.1. The molecule has 31 heavy (non-hydrogen) atoms. The Balaban J connectivity index is 1.68. The van der Waals surface area contributed by atoms with Crippen LogP contribution in [0.2, 0.25) is 0 Å². The average Bonchev–Trinajstić information content (AvgIpc) is 2.94. The molecule has 8 heteroatoms. The molecule has 0 saturated carbocycles. The summed E-state index contributed by atoms with van der Waals surface area (Å²) in [5.74, 6) is 0.603. The molecule has 1 aromatic carbocycles. The molecule has 0 aliphatic carbocycles. The molecule has 170 valence electrons. The lowest BCUT2D eigenvalue weighted by Crippen LogP contribution is -2.42. The number of aromatic nitrogens is 1. The average molecular weight is 449 g/mol. The number of nitrogens with zero attached hydrogens (tertiary/aromatic N) is 4. The van der Waals surface area contributed by atoms with Gasteiger partial charge in [0, 0.05) is 56.6 Å². The van der Waals surface area contributed by atoms with Crippen LogP contribution in [0.1, 0.15) is 39.7 Å². The number of hydrogen-bond donors (Lipinski definition) is 0. The fourth-order valence-corrected chi connectivity index (χ4v) is 5.99. The van der Waals surface area contributed by atoms with E-state index in [0.717, 1.165) is 38.4 Å². The molecule has 1 saturated heterocycles. The van der Waals surface area contributed by atoms with Gasteiger partial charge in [0.05, 0.1) is 0 Å². The molecular weight excluding hydrogens is 415 g/mol. The van der Waals surface area contributed by atoms with Gasteiger partial charge in [-0.25, -0.2) is 17.8 Å². The van der Waals surface area contributed by atoms with Crippen molar-refractivity contribution in [2.75, 3.05) is 31.1 Å². The molecule has 1 aliphatic rings. The standard InChI is InChI=1S/C23H33FN4O2S/c1-18(2)28(19(3)4)31(29,30)21-10-11-23(25-16-21)27-13-7-12-26(14-15-27)17-20-8-5-6-9-22(20)24/h5-6,8-11,16,18-19H,7,12-15,17H2,1-4H3. The van der Waals surface area contributed by atoms with Crippen molar-refractivity contribution in [1.82, 2.24) is 14.2 Å². The van der Waals surface area contributed by atoms with Gasteiger partial charge in [0.2, 0.25) is 10.0 Å². The molecule has 1 fully saturated rings. The van der Waals surface area contributed by atoms with Crippen molar-refractivity contribution in [1.29, 1.82) is 0 Å². The molecule has 0 unspecified atom stereocenters. The van der Waals surface area contributed by atoms with Crippen molar-refractivity contribution in [3.8, 4) is 0 Å². The summed E-state index contributed by atoms with van der Waals surface area (Å²) in [5.41, 5.74) is 0.712. The first-order valence-electron chi connectivity index (χ1n) is 10.9. The predicted molar refractivity (Wildman–Crippen MR) is 122 cm³/mol. The van der Waals surface area contributed by atoms with Crippen molar-refractivity contribution in [3.63, 3.8) is 0 Å². The maximum atomic E-state index is 14.0. The number of anilines is 1. The third-order valence-electron chi connectivity index (χ3n) is 5.58. The van der Waals surface area contributed by atoms with E-state index < -0.39 is 10.0 Å². The minimum absolute atomic E-state index is 0.129. The number of benzene rings is 1. The van der Waals surface area contributed by atoms with E-state index in [0.29, 0.717) is 12.1 Å². The molecule has 0 bridgehead atoms. The fraction of sp³-hybridized carbons (Fsp3) is 0.522. The van der Waals surface area contributed by atoms with Crippen LogP contribution in [0.5, 0.6) is 0 Å². The molecular formula is C23H33FN4O2S. The number of rotatable bonds is 7. The monoisotopic (exact) mass is 448 g/mol. The third kappa shape index (κ3) is 5.61. The molecule has 3 rings (SSSR count). The highest BCUT2D eigenvalue weighted by Gasteiger charge is 2.30. The quantitative estimate of drug-likeness (QED) is 0.646. The van der Waals surface area contributed by atoms with Crippen LogP contribution in [0.15, 0.2) is 47.5 Å². The maximum Gasteiger partial charge on any atom is 0.245 e. The van der Waals surface area contributed by atoms with Gasteiger partial charge in [-0.15, -0.1) is 0 Å². The van der Waals surface area contributed by atoms with Gasteiger partial charge >= 0.3 is 0 Å². The second-order valence-electron chi connectivity index (χ2n) is 8.58. The fourth-order valence-electron chi connectivity index (χ4n) is 4.21. The molecule has 1 aromatic heterocycles. The Kier molecular flexibility index (Phi) is 7.67. The van der Waals surface area contributed by atoms with E-state index in [1.54, 1.807) is 18.2 Å². The van der Waals surface area contributed by atoms with E-state index >= 15 is 0 Å². The van der Waals surface area contributed by atoms with E-state index in [2.05, 4.69) is 14.8 Å². The van der Waals surface area contributed by atoms with Crippen LogP contribution in [0, 0.1) is 5.82 Å². The van der Waals surface area contributed by atoms with Crippen LogP contribution in [0.3, 0.4) is 0 Å². The van der Waals surface area contributed by atoms with Crippen LogP contribution < -0.4 is 4.90 Å². The Labute approximate surface area is 185 Å². The second-order valence-corrected chi connectivity index (χ2v) is 10.4. The van der Waals surface area contributed by atoms with E-state index in [-0.39, 0.29) is 22.8 Å². The Morgan fingerprint density at radius 2 is 1.71 bits per heavy atom. The molecule has 0 amide bonds. The van der Waals surface area contributed by atoms with Gasteiger partial charge in [-0.05, 0) is 52.3 Å². The van der Waals surface area contributed by atoms with Gasteiger partial charge < -0.3 is 4.90 Å². The summed E-state index contributed by atoms with van der Waals surface area (Å²) in [7, 11) is -3.59. The highest BCUT2D eigenvalue weighted by atomic mass is 32.2. The SMILES string of the molecule is CC(C)N(C(C)C)S(=O)(=O)c1ccc(N2CCCN(Cc3ccccc3F)CC2)nc1. The molecule has 0 spiro atoms. The Bertz CT molecular complexity index is 956. The first kappa shape index (κ1) is 23.6. The lowest BCUT2D eigenvalue weighted by atomic mass is 10.2. The largest absolute Gasteiger partial charge is 0.355 e. The van der Waals surface area contributed by atoms with Gasteiger partial charge in [-0.1, -0.05) is 18.2 Å². The number of halogens is 1. The highest BCUT2D eigenvalue weighted by Crippen LogP contribution is 2.23. The van der Waals surface area contributed by atoms with Crippen molar-refractivity contribution < 1.29 is 12.8 Å². The van der Waals surface area contributed by atoms with Gasteiger partial charge in [0.15, 0.2) is 0 Å². The summed E-state index contributed by atoms with van der Waals surface area (Å²) in [6.07, 6.45) is 2.40. The normalized spacial score (nSPS) is 16.3.